The van der Waals surface area contributed by atoms with Crippen LogP contribution in [0.3, 0.4) is 0 Å². The number of nitrogens with zero attached hydrogens (tertiary/aromatic N) is 2. The van der Waals surface area contributed by atoms with E-state index in [2.05, 4.69) is 0 Å². The van der Waals surface area contributed by atoms with Gasteiger partial charge in [-0.2, -0.15) is 0 Å². The Hall–Kier alpha value is -6.35. The number of hydrogen-bond acceptors (Lipinski definition) is 7. The van der Waals surface area contributed by atoms with E-state index in [0.717, 1.165) is 4.90 Å². The first-order chi connectivity index (χ1) is 24.3. The number of ketones is 1. The lowest BCUT2D eigenvalue weighted by Crippen LogP contribution is -2.45. The van der Waals surface area contributed by atoms with Crippen LogP contribution < -0.4 is 14.4 Å². The van der Waals surface area contributed by atoms with E-state index in [-0.39, 0.29) is 17.2 Å². The summed E-state index contributed by atoms with van der Waals surface area (Å²) < 4.78 is 11.0. The molecule has 246 valence electrons. The Morgan fingerprint density at radius 1 is 0.580 bits per heavy atom. The number of benzene rings is 5. The van der Waals surface area contributed by atoms with Gasteiger partial charge in [-0.3, -0.25) is 24.5 Å². The second-order valence-corrected chi connectivity index (χ2v) is 12.6. The normalized spacial score (nSPS) is 23.7. The lowest BCUT2D eigenvalue weighted by atomic mass is 9.59. The number of allylic oxidation sites excluding steroid dienone is 2. The minimum Gasteiger partial charge on any atom is -0.497 e. The first-order valence-electron chi connectivity index (χ1n) is 16.1. The summed E-state index contributed by atoms with van der Waals surface area (Å²) in [5.74, 6) is -2.34. The van der Waals surface area contributed by atoms with E-state index < -0.39 is 39.4 Å². The molecule has 0 aromatic heterocycles. The van der Waals surface area contributed by atoms with E-state index in [0.29, 0.717) is 44.9 Å². The second-order valence-electron chi connectivity index (χ2n) is 12.6. The molecule has 1 aliphatic heterocycles. The molecule has 5 aromatic rings. The van der Waals surface area contributed by atoms with Crippen LogP contribution >= 0.6 is 0 Å². The van der Waals surface area contributed by atoms with Gasteiger partial charge < -0.3 is 9.47 Å². The molecule has 8 rings (SSSR count). The first-order valence-corrected chi connectivity index (χ1v) is 16.1. The molecule has 1 saturated heterocycles. The van der Waals surface area contributed by atoms with Gasteiger partial charge in [-0.1, -0.05) is 84.9 Å². The smallest absolute Gasteiger partial charge is 0.269 e. The highest BCUT2D eigenvalue weighted by Crippen LogP contribution is 2.74. The highest BCUT2D eigenvalue weighted by Gasteiger charge is 2.82. The molecule has 4 atom stereocenters. The minimum atomic E-state index is -1.59. The largest absolute Gasteiger partial charge is 0.497 e. The van der Waals surface area contributed by atoms with Crippen LogP contribution in [0, 0.1) is 22.0 Å². The van der Waals surface area contributed by atoms with Crippen molar-refractivity contribution in [2.24, 2.45) is 11.8 Å². The van der Waals surface area contributed by atoms with E-state index in [1.807, 2.05) is 109 Å². The van der Waals surface area contributed by atoms with Crippen LogP contribution in [0.2, 0.25) is 0 Å². The third kappa shape index (κ3) is 3.97. The molecule has 2 fully saturated rings. The number of nitro benzene ring substituents is 1. The van der Waals surface area contributed by atoms with Crippen molar-refractivity contribution in [3.05, 3.63) is 166 Å². The third-order valence-electron chi connectivity index (χ3n) is 10.5. The van der Waals surface area contributed by atoms with Crippen molar-refractivity contribution >= 4 is 40.1 Å². The molecule has 2 amide bonds. The molecule has 1 heterocycles. The number of rotatable bonds is 8. The molecule has 3 aliphatic rings. The fourth-order valence-electron chi connectivity index (χ4n) is 8.62. The fraction of sp³-hybridized carbons (Fsp3) is 0.146. The number of hydrogen-bond donors (Lipinski definition) is 0. The molecule has 1 saturated carbocycles. The lowest BCUT2D eigenvalue weighted by molar-refractivity contribution is -0.384. The molecule has 0 unspecified atom stereocenters. The quantitative estimate of drug-likeness (QED) is 0.102. The Bertz CT molecular complexity index is 2090. The summed E-state index contributed by atoms with van der Waals surface area (Å²) in [6.45, 7) is 0. The van der Waals surface area contributed by atoms with Crippen molar-refractivity contribution < 1.29 is 28.8 Å². The monoisotopic (exact) mass is 662 g/mol. The highest BCUT2D eigenvalue weighted by molar-refractivity contribution is 6.39. The summed E-state index contributed by atoms with van der Waals surface area (Å²) in [6.07, 6.45) is 0. The molecule has 2 bridgehead atoms. The van der Waals surface area contributed by atoms with Gasteiger partial charge in [-0.15, -0.1) is 0 Å². The number of non-ortho nitro benzene ring substituents is 1. The summed E-state index contributed by atoms with van der Waals surface area (Å²) in [6, 6.07) is 38.6. The number of Topliss-reactive ketones (excluding diaryl/α,β-unsaturated/α-hetero) is 1. The van der Waals surface area contributed by atoms with Crippen LogP contribution in [0.5, 0.6) is 11.5 Å². The SMILES string of the molecule is COc1ccc(C2=C(c3ccc(OC)cc3)[C@@]3(c4ccccc4)C(=O)[C@@]2(c2ccccc2)[C@H]2C(=O)N(c4ccc([N+](=O)[O-])cc4)C(=O)[C@@H]23)cc1. The van der Waals surface area contributed by atoms with Gasteiger partial charge in [0, 0.05) is 12.1 Å². The molecule has 9 nitrogen and oxygen atoms in total. The maximum atomic E-state index is 16.0. The van der Waals surface area contributed by atoms with E-state index in [1.165, 1.54) is 24.3 Å². The van der Waals surface area contributed by atoms with Crippen LogP contribution in [0.1, 0.15) is 22.3 Å². The summed E-state index contributed by atoms with van der Waals surface area (Å²) in [5, 5.41) is 11.5. The lowest BCUT2D eigenvalue weighted by Gasteiger charge is -2.39. The zero-order valence-electron chi connectivity index (χ0n) is 27.1. The Kier molecular flexibility index (Phi) is 7.04. The van der Waals surface area contributed by atoms with Gasteiger partial charge in [0.25, 0.3) is 5.69 Å². The Labute approximate surface area is 287 Å². The maximum Gasteiger partial charge on any atom is 0.269 e. The van der Waals surface area contributed by atoms with Crippen molar-refractivity contribution in [3.63, 3.8) is 0 Å². The van der Waals surface area contributed by atoms with Crippen LogP contribution in [0.4, 0.5) is 11.4 Å². The number of methoxy groups -OCH3 is 2. The van der Waals surface area contributed by atoms with Crippen LogP contribution in [-0.4, -0.2) is 36.7 Å². The first kappa shape index (κ1) is 31.0. The predicted molar refractivity (Wildman–Crippen MR) is 187 cm³/mol. The Morgan fingerprint density at radius 3 is 1.34 bits per heavy atom. The zero-order chi connectivity index (χ0) is 34.8. The summed E-state index contributed by atoms with van der Waals surface area (Å²) in [7, 11) is 3.16. The molecule has 2 aliphatic carbocycles. The third-order valence-corrected chi connectivity index (χ3v) is 10.5. The second kappa shape index (κ2) is 11.4. The molecular formula is C41H30N2O7. The predicted octanol–water partition coefficient (Wildman–Crippen LogP) is 6.80. The van der Waals surface area contributed by atoms with Gasteiger partial charge in [0.1, 0.15) is 11.5 Å². The van der Waals surface area contributed by atoms with Gasteiger partial charge in [0.15, 0.2) is 5.78 Å². The number of carbonyl (C=O) groups is 3. The van der Waals surface area contributed by atoms with Crippen molar-refractivity contribution in [1.82, 2.24) is 0 Å². The van der Waals surface area contributed by atoms with Gasteiger partial charge in [0.2, 0.25) is 11.8 Å². The van der Waals surface area contributed by atoms with E-state index in [1.54, 1.807) is 14.2 Å². The van der Waals surface area contributed by atoms with Crippen LogP contribution in [0.15, 0.2) is 133 Å². The Morgan fingerprint density at radius 2 is 0.980 bits per heavy atom. The summed E-state index contributed by atoms with van der Waals surface area (Å²) >= 11 is 0. The van der Waals surface area contributed by atoms with Crippen molar-refractivity contribution in [3.8, 4) is 11.5 Å². The van der Waals surface area contributed by atoms with Gasteiger partial charge in [-0.05, 0) is 69.8 Å². The van der Waals surface area contributed by atoms with Crippen molar-refractivity contribution in [2.45, 2.75) is 10.8 Å². The zero-order valence-corrected chi connectivity index (χ0v) is 27.1. The van der Waals surface area contributed by atoms with Crippen molar-refractivity contribution in [2.75, 3.05) is 19.1 Å². The number of imide groups is 1. The van der Waals surface area contributed by atoms with Crippen LogP contribution in [0.25, 0.3) is 11.1 Å². The van der Waals surface area contributed by atoms with Gasteiger partial charge in [-0.25, -0.2) is 4.90 Å². The number of anilines is 1. The number of fused-ring (bicyclic) bond motifs is 5. The molecule has 0 spiro atoms. The standard InChI is InChI=1S/C41H30N2O7/c1-49-31-21-13-25(14-22-31)33-34(26-15-23-32(50-2)24-16-26)41(28-11-7-4-8-12-28)36-35(40(33,39(41)46)27-9-5-3-6-10-27)37(44)42(38(36)45)29-17-19-30(20-18-29)43(47)48/h3-24,35-36H,1-2H3/t35-,36-,40-,41-/m1/s1. The molecule has 50 heavy (non-hydrogen) atoms. The molecule has 5 aromatic carbocycles. The summed E-state index contributed by atoms with van der Waals surface area (Å²) in [4.78, 5) is 58.2. The van der Waals surface area contributed by atoms with Crippen LogP contribution in [-0.2, 0) is 25.2 Å². The fourth-order valence-corrected chi connectivity index (χ4v) is 8.62. The maximum absolute atomic E-state index is 16.0. The average Bonchev–Trinajstić information content (AvgIpc) is 3.67. The molecular weight excluding hydrogens is 632 g/mol. The topological polar surface area (TPSA) is 116 Å². The van der Waals surface area contributed by atoms with Crippen molar-refractivity contribution in [1.29, 1.82) is 0 Å². The number of carbonyl (C=O) groups excluding carboxylic acids is 3. The van der Waals surface area contributed by atoms with E-state index >= 15 is 14.4 Å². The number of ether oxygens (including phenoxy) is 2. The Balaban J connectivity index is 1.51. The van der Waals surface area contributed by atoms with E-state index in [9.17, 15) is 10.1 Å². The van der Waals surface area contributed by atoms with Gasteiger partial charge >= 0.3 is 0 Å². The molecule has 9 heteroatoms. The van der Waals surface area contributed by atoms with Gasteiger partial charge in [0.05, 0.1) is 47.5 Å². The minimum absolute atomic E-state index is 0.171. The molecule has 0 radical (unpaired) electrons. The van der Waals surface area contributed by atoms with E-state index in [4.69, 9.17) is 9.47 Å². The number of nitro groups is 1. The number of amides is 2. The molecule has 0 N–H and O–H groups in total. The highest BCUT2D eigenvalue weighted by atomic mass is 16.6. The average molecular weight is 663 g/mol. The summed E-state index contributed by atoms with van der Waals surface area (Å²) in [5.41, 5.74) is 0.736.